The number of aryl methyl sites for hydroxylation is 1. The summed E-state index contributed by atoms with van der Waals surface area (Å²) < 4.78 is 17.8. The van der Waals surface area contributed by atoms with Crippen LogP contribution in [-0.4, -0.2) is 51.1 Å². The molecule has 5 rings (SSSR count). The van der Waals surface area contributed by atoms with Crippen LogP contribution in [0.2, 0.25) is 0 Å². The summed E-state index contributed by atoms with van der Waals surface area (Å²) in [6.45, 7) is 8.99. The number of benzene rings is 1. The number of hydrogen-bond acceptors (Lipinski definition) is 4. The lowest BCUT2D eigenvalue weighted by Gasteiger charge is -2.63. The van der Waals surface area contributed by atoms with Gasteiger partial charge in [0.25, 0.3) is 0 Å². The molecule has 32 heavy (non-hydrogen) atoms. The van der Waals surface area contributed by atoms with Crippen LogP contribution < -0.4 is 15.4 Å². The minimum Gasteiger partial charge on any atom is -0.493 e. The highest BCUT2D eigenvalue weighted by molar-refractivity contribution is 14.0. The number of aliphatic imine (C=N–C) groups is 1. The van der Waals surface area contributed by atoms with Crippen molar-refractivity contribution < 1.29 is 14.2 Å². The van der Waals surface area contributed by atoms with Crippen molar-refractivity contribution in [2.24, 2.45) is 22.2 Å². The number of nitrogens with zero attached hydrogens (tertiary/aromatic N) is 1. The van der Waals surface area contributed by atoms with Gasteiger partial charge < -0.3 is 24.8 Å². The Hall–Kier alpha value is -1.06. The van der Waals surface area contributed by atoms with Gasteiger partial charge in [0.2, 0.25) is 0 Å². The van der Waals surface area contributed by atoms with Gasteiger partial charge in [-0.2, -0.15) is 0 Å². The highest BCUT2D eigenvalue weighted by Gasteiger charge is 2.66. The van der Waals surface area contributed by atoms with Crippen LogP contribution in [0.4, 0.5) is 0 Å². The first-order valence-electron chi connectivity index (χ1n) is 12.2. The van der Waals surface area contributed by atoms with Crippen LogP contribution in [0, 0.1) is 24.2 Å². The molecule has 4 fully saturated rings. The number of halogens is 1. The Morgan fingerprint density at radius 1 is 1.25 bits per heavy atom. The molecule has 1 aromatic rings. The number of guanidine groups is 1. The zero-order valence-electron chi connectivity index (χ0n) is 19.4. The van der Waals surface area contributed by atoms with Crippen molar-refractivity contribution in [1.82, 2.24) is 10.6 Å². The first kappa shape index (κ1) is 24.1. The van der Waals surface area contributed by atoms with Crippen LogP contribution >= 0.6 is 24.0 Å². The number of fused-ring (bicyclic) bond motifs is 2. The standard InChI is InChI=1S/C25H37N3O3.HI/c1-3-26-24(28-22-20-8-12-30-23(20)25(22)9-4-10-25)27-14-19-6-5-17(2)13-21(19)31-16-18-7-11-29-15-18;/h5-6,13,18,20,22-23H,3-4,7-12,14-16H2,1-2H3,(H2,26,27,28);1H. The Kier molecular flexibility index (Phi) is 7.88. The molecular weight excluding hydrogens is 517 g/mol. The van der Waals surface area contributed by atoms with E-state index in [4.69, 9.17) is 19.2 Å². The fraction of sp³-hybridized carbons (Fsp3) is 0.720. The third-order valence-electron chi connectivity index (χ3n) is 7.80. The Morgan fingerprint density at radius 2 is 2.12 bits per heavy atom. The molecule has 1 spiro atoms. The van der Waals surface area contributed by atoms with Crippen LogP contribution in [0.25, 0.3) is 0 Å². The summed E-state index contributed by atoms with van der Waals surface area (Å²) in [5.41, 5.74) is 2.69. The van der Waals surface area contributed by atoms with Gasteiger partial charge in [0.15, 0.2) is 5.96 Å². The number of hydrogen-bond donors (Lipinski definition) is 2. The Balaban J connectivity index is 0.00000245. The van der Waals surface area contributed by atoms with E-state index in [9.17, 15) is 0 Å². The summed E-state index contributed by atoms with van der Waals surface area (Å²) in [5.74, 6) is 3.00. The second kappa shape index (κ2) is 10.5. The quantitative estimate of drug-likeness (QED) is 0.302. The van der Waals surface area contributed by atoms with Crippen LogP contribution in [0.3, 0.4) is 0 Å². The zero-order chi connectivity index (χ0) is 21.3. The topological polar surface area (TPSA) is 64.1 Å². The molecule has 0 radical (unpaired) electrons. The molecular formula is C25H38IN3O3. The summed E-state index contributed by atoms with van der Waals surface area (Å²) >= 11 is 0. The van der Waals surface area contributed by atoms with Crippen molar-refractivity contribution in [3.8, 4) is 5.75 Å². The fourth-order valence-electron chi connectivity index (χ4n) is 5.94. The lowest BCUT2D eigenvalue weighted by atomic mass is 9.46. The summed E-state index contributed by atoms with van der Waals surface area (Å²) in [6, 6.07) is 6.92. The summed E-state index contributed by atoms with van der Waals surface area (Å²) in [7, 11) is 0. The highest BCUT2D eigenvalue weighted by atomic mass is 127. The molecule has 2 N–H and O–H groups in total. The van der Waals surface area contributed by atoms with Gasteiger partial charge in [-0.25, -0.2) is 4.99 Å². The molecule has 0 bridgehead atoms. The molecule has 4 aliphatic rings. The Morgan fingerprint density at radius 3 is 2.84 bits per heavy atom. The smallest absolute Gasteiger partial charge is 0.191 e. The average Bonchev–Trinajstić information content (AvgIpc) is 3.39. The van der Waals surface area contributed by atoms with Crippen molar-refractivity contribution >= 4 is 29.9 Å². The molecule has 6 nitrogen and oxygen atoms in total. The lowest BCUT2D eigenvalue weighted by Crippen LogP contribution is -2.72. The number of nitrogens with one attached hydrogen (secondary N) is 2. The van der Waals surface area contributed by atoms with E-state index < -0.39 is 0 Å². The predicted octanol–water partition coefficient (Wildman–Crippen LogP) is 4.04. The van der Waals surface area contributed by atoms with Crippen molar-refractivity contribution in [3.05, 3.63) is 29.3 Å². The molecule has 7 heteroatoms. The molecule has 2 saturated carbocycles. The van der Waals surface area contributed by atoms with Gasteiger partial charge in [-0.15, -0.1) is 24.0 Å². The maximum Gasteiger partial charge on any atom is 0.191 e. The minimum atomic E-state index is 0. The Labute approximate surface area is 209 Å². The minimum absolute atomic E-state index is 0. The van der Waals surface area contributed by atoms with Crippen LogP contribution in [0.1, 0.15) is 50.2 Å². The largest absolute Gasteiger partial charge is 0.493 e. The number of rotatable bonds is 7. The highest BCUT2D eigenvalue weighted by Crippen LogP contribution is 2.62. The maximum absolute atomic E-state index is 6.22. The second-order valence-corrected chi connectivity index (χ2v) is 9.80. The third kappa shape index (κ3) is 4.62. The predicted molar refractivity (Wildman–Crippen MR) is 137 cm³/mol. The monoisotopic (exact) mass is 555 g/mol. The molecule has 2 aliphatic carbocycles. The van der Waals surface area contributed by atoms with E-state index in [1.165, 1.54) is 31.2 Å². The van der Waals surface area contributed by atoms with Crippen molar-refractivity contribution in [1.29, 1.82) is 0 Å². The van der Waals surface area contributed by atoms with E-state index in [0.29, 0.717) is 42.5 Å². The van der Waals surface area contributed by atoms with Gasteiger partial charge in [-0.3, -0.25) is 0 Å². The van der Waals surface area contributed by atoms with Gasteiger partial charge in [-0.1, -0.05) is 18.6 Å². The van der Waals surface area contributed by atoms with Crippen LogP contribution in [0.5, 0.6) is 5.75 Å². The van der Waals surface area contributed by atoms with E-state index in [-0.39, 0.29) is 24.0 Å². The molecule has 1 aromatic carbocycles. The second-order valence-electron chi connectivity index (χ2n) is 9.80. The summed E-state index contributed by atoms with van der Waals surface area (Å²) in [5, 5.41) is 7.26. The lowest BCUT2D eigenvalue weighted by molar-refractivity contribution is -0.171. The van der Waals surface area contributed by atoms with E-state index >= 15 is 0 Å². The van der Waals surface area contributed by atoms with Gasteiger partial charge in [0.05, 0.1) is 25.9 Å². The normalized spacial score (nSPS) is 30.1. The molecule has 2 heterocycles. The summed E-state index contributed by atoms with van der Waals surface area (Å²) in [4.78, 5) is 4.96. The fourth-order valence-corrected chi connectivity index (χ4v) is 5.94. The zero-order valence-corrected chi connectivity index (χ0v) is 21.7. The van der Waals surface area contributed by atoms with Crippen LogP contribution in [-0.2, 0) is 16.0 Å². The molecule has 4 unspecified atom stereocenters. The van der Waals surface area contributed by atoms with Gasteiger partial charge in [-0.05, 0) is 51.2 Å². The number of ether oxygens (including phenoxy) is 3. The van der Waals surface area contributed by atoms with Crippen molar-refractivity contribution in [2.45, 2.75) is 64.6 Å². The van der Waals surface area contributed by atoms with Gasteiger partial charge in [0.1, 0.15) is 5.75 Å². The van der Waals surface area contributed by atoms with Crippen LogP contribution in [0.15, 0.2) is 23.2 Å². The van der Waals surface area contributed by atoms with E-state index in [0.717, 1.165) is 50.1 Å². The molecule has 2 aliphatic heterocycles. The summed E-state index contributed by atoms with van der Waals surface area (Å²) in [6.07, 6.45) is 6.62. The first-order valence-corrected chi connectivity index (χ1v) is 12.2. The SMILES string of the molecule is CCNC(=NCc1ccc(C)cc1OCC1CCOC1)NC1C2CCOC2C12CCC2.I. The molecule has 4 atom stereocenters. The van der Waals surface area contributed by atoms with Crippen molar-refractivity contribution in [3.63, 3.8) is 0 Å². The van der Waals surface area contributed by atoms with E-state index in [2.05, 4.69) is 42.7 Å². The average molecular weight is 556 g/mol. The molecule has 178 valence electrons. The molecule has 0 amide bonds. The maximum atomic E-state index is 6.22. The van der Waals surface area contributed by atoms with Gasteiger partial charge in [0, 0.05) is 48.6 Å². The van der Waals surface area contributed by atoms with E-state index in [1.807, 2.05) is 0 Å². The van der Waals surface area contributed by atoms with E-state index in [1.54, 1.807) is 0 Å². The first-order chi connectivity index (χ1) is 15.2. The Bertz CT molecular complexity index is 808. The van der Waals surface area contributed by atoms with Gasteiger partial charge >= 0.3 is 0 Å². The third-order valence-corrected chi connectivity index (χ3v) is 7.80. The molecule has 2 saturated heterocycles. The van der Waals surface area contributed by atoms with Crippen molar-refractivity contribution in [2.75, 3.05) is 33.0 Å². The molecule has 0 aromatic heterocycles.